The molecule has 0 spiro atoms. The highest BCUT2D eigenvalue weighted by atomic mass is 16.5. The van der Waals surface area contributed by atoms with Crippen molar-refractivity contribution in [2.75, 3.05) is 42.6 Å². The van der Waals surface area contributed by atoms with E-state index in [-0.39, 0.29) is 11.8 Å². The number of anilines is 2. The summed E-state index contributed by atoms with van der Waals surface area (Å²) < 4.78 is 6.02. The van der Waals surface area contributed by atoms with Gasteiger partial charge in [0.05, 0.1) is 17.4 Å². The smallest absolute Gasteiger partial charge is 0.159 e. The number of carbonyl (C=O) groups excluding carboxylic acids is 1. The lowest BCUT2D eigenvalue weighted by Gasteiger charge is -2.42. The number of ketones is 1. The lowest BCUT2D eigenvalue weighted by molar-refractivity contribution is -0.119. The number of nitrogens with zero attached hydrogens (tertiary/aromatic N) is 3. The number of rotatable bonds is 1. The number of fused-ring (bicyclic) bond motifs is 4. The molecule has 1 aromatic rings. The first kappa shape index (κ1) is 16.2. The monoisotopic (exact) mass is 353 g/mol. The molecule has 4 aliphatic heterocycles. The fourth-order valence-corrected chi connectivity index (χ4v) is 5.04. The average Bonchev–Trinajstić information content (AvgIpc) is 3.11. The fourth-order valence-electron chi connectivity index (χ4n) is 5.04. The average molecular weight is 353 g/mol. The van der Waals surface area contributed by atoms with Crippen molar-refractivity contribution in [3.63, 3.8) is 0 Å². The Kier molecular flexibility index (Phi) is 3.74. The molecule has 4 aliphatic rings. The first-order valence-electron chi connectivity index (χ1n) is 9.89. The largest absolute Gasteiger partial charge is 0.485 e. The maximum atomic E-state index is 12.3. The first-order chi connectivity index (χ1) is 12.6. The SMILES string of the molecule is Cc1cc2c(cc1N1CCN3CCCC3C1)N1C(=CCC(=O)C1C)CO2. The van der Waals surface area contributed by atoms with Gasteiger partial charge in [-0.15, -0.1) is 0 Å². The zero-order valence-electron chi connectivity index (χ0n) is 15.7. The van der Waals surface area contributed by atoms with Crippen LogP contribution >= 0.6 is 0 Å². The molecular weight excluding hydrogens is 326 g/mol. The van der Waals surface area contributed by atoms with E-state index >= 15 is 0 Å². The van der Waals surface area contributed by atoms with Gasteiger partial charge in [-0.3, -0.25) is 9.69 Å². The molecule has 2 unspecified atom stereocenters. The molecule has 2 atom stereocenters. The minimum Gasteiger partial charge on any atom is -0.485 e. The highest BCUT2D eigenvalue weighted by Gasteiger charge is 2.35. The van der Waals surface area contributed by atoms with Crippen LogP contribution in [-0.2, 0) is 4.79 Å². The summed E-state index contributed by atoms with van der Waals surface area (Å²) in [7, 11) is 0. The van der Waals surface area contributed by atoms with E-state index in [1.54, 1.807) is 0 Å². The highest BCUT2D eigenvalue weighted by molar-refractivity contribution is 5.92. The van der Waals surface area contributed by atoms with Gasteiger partial charge in [0, 0.05) is 37.8 Å². The molecule has 0 aliphatic carbocycles. The number of carbonyl (C=O) groups is 1. The van der Waals surface area contributed by atoms with E-state index in [0.29, 0.717) is 19.1 Å². The number of Topliss-reactive ketones (excluding diaryl/α,β-unsaturated/α-hetero) is 1. The summed E-state index contributed by atoms with van der Waals surface area (Å²) in [4.78, 5) is 19.7. The van der Waals surface area contributed by atoms with Crippen LogP contribution in [0.4, 0.5) is 11.4 Å². The van der Waals surface area contributed by atoms with Gasteiger partial charge in [0.2, 0.25) is 0 Å². The second-order valence-electron chi connectivity index (χ2n) is 8.09. The quantitative estimate of drug-likeness (QED) is 0.776. The molecule has 138 valence electrons. The molecule has 0 bridgehead atoms. The number of hydrogen-bond acceptors (Lipinski definition) is 5. The zero-order valence-corrected chi connectivity index (χ0v) is 15.7. The molecular formula is C21H27N3O2. The van der Waals surface area contributed by atoms with Crippen LogP contribution in [0.15, 0.2) is 23.9 Å². The van der Waals surface area contributed by atoms with Gasteiger partial charge in [-0.25, -0.2) is 0 Å². The predicted molar refractivity (Wildman–Crippen MR) is 103 cm³/mol. The molecule has 0 saturated carbocycles. The van der Waals surface area contributed by atoms with E-state index in [1.165, 1.54) is 30.6 Å². The van der Waals surface area contributed by atoms with Crippen LogP contribution in [0, 0.1) is 6.92 Å². The summed E-state index contributed by atoms with van der Waals surface area (Å²) in [6.45, 7) is 9.35. The highest BCUT2D eigenvalue weighted by Crippen LogP contribution is 2.43. The third-order valence-corrected chi connectivity index (χ3v) is 6.54. The summed E-state index contributed by atoms with van der Waals surface area (Å²) in [6.07, 6.45) is 5.20. The van der Waals surface area contributed by atoms with Gasteiger partial charge in [0.15, 0.2) is 5.78 Å². The summed E-state index contributed by atoms with van der Waals surface area (Å²) in [6, 6.07) is 5.01. The summed E-state index contributed by atoms with van der Waals surface area (Å²) in [5.41, 5.74) is 4.74. The number of allylic oxidation sites excluding steroid dienone is 1. The van der Waals surface area contributed by atoms with Crippen molar-refractivity contribution >= 4 is 17.2 Å². The van der Waals surface area contributed by atoms with Crippen molar-refractivity contribution in [2.45, 2.75) is 45.2 Å². The van der Waals surface area contributed by atoms with Gasteiger partial charge < -0.3 is 14.5 Å². The van der Waals surface area contributed by atoms with Gasteiger partial charge in [0.25, 0.3) is 0 Å². The Morgan fingerprint density at radius 1 is 1.15 bits per heavy atom. The third-order valence-electron chi connectivity index (χ3n) is 6.54. The minimum absolute atomic E-state index is 0.111. The second-order valence-corrected chi connectivity index (χ2v) is 8.09. The molecule has 0 amide bonds. The van der Waals surface area contributed by atoms with Gasteiger partial charge >= 0.3 is 0 Å². The van der Waals surface area contributed by atoms with Crippen molar-refractivity contribution in [2.24, 2.45) is 0 Å². The zero-order chi connectivity index (χ0) is 17.8. The standard InChI is InChI=1S/C21H27N3O2/c1-14-10-21-19(24-15(2)20(25)6-5-17(24)13-26-21)11-18(14)23-9-8-22-7-3-4-16(22)12-23/h5,10-11,15-16H,3-4,6-9,12-13H2,1-2H3. The molecule has 26 heavy (non-hydrogen) atoms. The summed E-state index contributed by atoms with van der Waals surface area (Å²) >= 11 is 0. The van der Waals surface area contributed by atoms with Crippen molar-refractivity contribution in [3.05, 3.63) is 29.5 Å². The number of benzene rings is 1. The van der Waals surface area contributed by atoms with Gasteiger partial charge in [0.1, 0.15) is 12.4 Å². The van der Waals surface area contributed by atoms with Crippen LogP contribution in [0.1, 0.15) is 31.7 Å². The fraction of sp³-hybridized carbons (Fsp3) is 0.571. The first-order valence-corrected chi connectivity index (χ1v) is 9.89. The minimum atomic E-state index is -0.111. The molecule has 0 N–H and O–H groups in total. The number of aryl methyl sites for hydroxylation is 1. The molecule has 0 radical (unpaired) electrons. The van der Waals surface area contributed by atoms with Crippen LogP contribution in [0.3, 0.4) is 0 Å². The Hall–Kier alpha value is -2.01. The molecule has 1 aromatic carbocycles. The summed E-state index contributed by atoms with van der Waals surface area (Å²) in [5.74, 6) is 1.19. The Bertz CT molecular complexity index is 788. The van der Waals surface area contributed by atoms with E-state index in [4.69, 9.17) is 4.74 Å². The van der Waals surface area contributed by atoms with Gasteiger partial charge in [-0.05, 0) is 50.9 Å². The van der Waals surface area contributed by atoms with Crippen molar-refractivity contribution in [1.29, 1.82) is 0 Å². The molecule has 2 fully saturated rings. The van der Waals surface area contributed by atoms with Crippen molar-refractivity contribution in [1.82, 2.24) is 4.90 Å². The predicted octanol–water partition coefficient (Wildman–Crippen LogP) is 2.72. The Morgan fingerprint density at radius 3 is 2.92 bits per heavy atom. The van der Waals surface area contributed by atoms with E-state index in [1.807, 2.05) is 13.0 Å². The second kappa shape index (κ2) is 6.02. The van der Waals surface area contributed by atoms with Crippen LogP contribution in [0.25, 0.3) is 0 Å². The molecule has 5 rings (SSSR count). The topological polar surface area (TPSA) is 36.0 Å². The Balaban J connectivity index is 1.52. The Labute approximate surface area is 155 Å². The number of ether oxygens (including phenoxy) is 1. The molecule has 2 saturated heterocycles. The number of hydrogen-bond donors (Lipinski definition) is 0. The van der Waals surface area contributed by atoms with Crippen molar-refractivity contribution < 1.29 is 9.53 Å². The van der Waals surface area contributed by atoms with E-state index in [0.717, 1.165) is 36.8 Å². The third kappa shape index (κ3) is 2.44. The maximum absolute atomic E-state index is 12.3. The van der Waals surface area contributed by atoms with E-state index in [2.05, 4.69) is 33.8 Å². The van der Waals surface area contributed by atoms with E-state index in [9.17, 15) is 4.79 Å². The van der Waals surface area contributed by atoms with Gasteiger partial charge in [-0.1, -0.05) is 6.08 Å². The lowest BCUT2D eigenvalue weighted by atomic mass is 9.99. The van der Waals surface area contributed by atoms with Crippen LogP contribution in [0.2, 0.25) is 0 Å². The van der Waals surface area contributed by atoms with Crippen LogP contribution in [-0.4, -0.2) is 55.6 Å². The van der Waals surface area contributed by atoms with E-state index < -0.39 is 0 Å². The molecule has 5 heteroatoms. The lowest BCUT2D eigenvalue weighted by Crippen LogP contribution is -2.50. The van der Waals surface area contributed by atoms with Gasteiger partial charge in [-0.2, -0.15) is 0 Å². The maximum Gasteiger partial charge on any atom is 0.159 e. The molecule has 0 aromatic heterocycles. The normalized spacial score (nSPS) is 28.2. The molecule has 5 nitrogen and oxygen atoms in total. The Morgan fingerprint density at radius 2 is 2.04 bits per heavy atom. The van der Waals surface area contributed by atoms with Crippen LogP contribution in [0.5, 0.6) is 5.75 Å². The van der Waals surface area contributed by atoms with Crippen molar-refractivity contribution in [3.8, 4) is 5.75 Å². The summed E-state index contributed by atoms with van der Waals surface area (Å²) in [5, 5.41) is 0. The number of piperazine rings is 1. The van der Waals surface area contributed by atoms with Crippen LogP contribution < -0.4 is 14.5 Å². The molecule has 4 heterocycles.